The van der Waals surface area contributed by atoms with E-state index < -0.39 is 17.7 Å². The second-order valence-electron chi connectivity index (χ2n) is 9.43. The van der Waals surface area contributed by atoms with Crippen molar-refractivity contribution < 1.29 is 19.4 Å². The largest absolute Gasteiger partial charge is 0.507 e. The molecule has 1 aliphatic heterocycles. The van der Waals surface area contributed by atoms with E-state index in [0.717, 1.165) is 5.56 Å². The number of hydrogen-bond donors (Lipinski definition) is 1. The normalized spacial score (nSPS) is 17.3. The summed E-state index contributed by atoms with van der Waals surface area (Å²) in [6.45, 7) is 6.31. The first-order valence-corrected chi connectivity index (χ1v) is 11.2. The van der Waals surface area contributed by atoms with Crippen LogP contribution in [0.15, 0.2) is 78.4 Å². The highest BCUT2D eigenvalue weighted by Gasteiger charge is 2.47. The number of aliphatic hydroxyl groups is 1. The molecule has 3 aromatic rings. The number of ether oxygens (including phenoxy) is 1. The molecular formula is C29H26N2O4. The Balaban J connectivity index is 1.92. The van der Waals surface area contributed by atoms with Crippen LogP contribution in [0, 0.1) is 11.3 Å². The third-order valence-electron chi connectivity index (χ3n) is 6.15. The Morgan fingerprint density at radius 3 is 2.23 bits per heavy atom. The number of nitrogens with zero attached hydrogens (tertiary/aromatic N) is 2. The third-order valence-corrected chi connectivity index (χ3v) is 6.15. The Morgan fingerprint density at radius 1 is 1.00 bits per heavy atom. The molecule has 0 radical (unpaired) electrons. The minimum atomic E-state index is -0.844. The van der Waals surface area contributed by atoms with Gasteiger partial charge in [-0.05, 0) is 52.9 Å². The predicted octanol–water partition coefficient (Wildman–Crippen LogP) is 5.49. The maximum absolute atomic E-state index is 13.3. The van der Waals surface area contributed by atoms with Gasteiger partial charge in [-0.15, -0.1) is 0 Å². The summed E-state index contributed by atoms with van der Waals surface area (Å²) < 4.78 is 5.26. The number of methoxy groups -OCH3 is 1. The van der Waals surface area contributed by atoms with Crippen molar-refractivity contribution in [3.8, 4) is 11.8 Å². The lowest BCUT2D eigenvalue weighted by molar-refractivity contribution is -0.132. The van der Waals surface area contributed by atoms with Crippen LogP contribution in [0.25, 0.3) is 5.76 Å². The molecule has 6 nitrogen and oxygen atoms in total. The van der Waals surface area contributed by atoms with Crippen LogP contribution < -0.4 is 9.64 Å². The molecular weight excluding hydrogens is 440 g/mol. The number of rotatable bonds is 4. The van der Waals surface area contributed by atoms with E-state index >= 15 is 0 Å². The maximum atomic E-state index is 13.3. The Kier molecular flexibility index (Phi) is 6.19. The first kappa shape index (κ1) is 23.8. The van der Waals surface area contributed by atoms with Crippen LogP contribution in [0.4, 0.5) is 5.69 Å². The average molecular weight is 467 g/mol. The fourth-order valence-electron chi connectivity index (χ4n) is 4.20. The number of Topliss-reactive ketones (excluding diaryl/α,β-unsaturated/α-hetero) is 1. The molecule has 1 heterocycles. The number of nitriles is 1. The molecule has 35 heavy (non-hydrogen) atoms. The zero-order valence-corrected chi connectivity index (χ0v) is 20.1. The third kappa shape index (κ3) is 4.41. The van der Waals surface area contributed by atoms with Crippen molar-refractivity contribution in [2.24, 2.45) is 0 Å². The zero-order chi connectivity index (χ0) is 25.3. The van der Waals surface area contributed by atoms with Crippen molar-refractivity contribution in [2.75, 3.05) is 12.0 Å². The number of ketones is 1. The molecule has 4 rings (SSSR count). The van der Waals surface area contributed by atoms with Crippen molar-refractivity contribution in [3.63, 3.8) is 0 Å². The second kappa shape index (κ2) is 9.11. The number of amides is 1. The van der Waals surface area contributed by atoms with Crippen LogP contribution >= 0.6 is 0 Å². The summed E-state index contributed by atoms with van der Waals surface area (Å²) in [4.78, 5) is 28.0. The molecule has 1 N–H and O–H groups in total. The number of carbonyl (C=O) groups excluding carboxylic acids is 2. The second-order valence-corrected chi connectivity index (χ2v) is 9.43. The van der Waals surface area contributed by atoms with Gasteiger partial charge in [0, 0.05) is 11.3 Å². The smallest absolute Gasteiger partial charge is 0.300 e. The quantitative estimate of drug-likeness (QED) is 0.312. The zero-order valence-electron chi connectivity index (χ0n) is 20.1. The summed E-state index contributed by atoms with van der Waals surface area (Å²) in [5.41, 5.74) is 2.98. The van der Waals surface area contributed by atoms with Crippen LogP contribution in [-0.4, -0.2) is 23.9 Å². The topological polar surface area (TPSA) is 90.6 Å². The van der Waals surface area contributed by atoms with Crippen LogP contribution in [0.3, 0.4) is 0 Å². The van der Waals surface area contributed by atoms with E-state index in [1.807, 2.05) is 24.3 Å². The molecule has 1 amide bonds. The molecule has 1 atom stereocenters. The molecule has 0 aromatic heterocycles. The average Bonchev–Trinajstić information content (AvgIpc) is 3.13. The minimum absolute atomic E-state index is 0.00359. The summed E-state index contributed by atoms with van der Waals surface area (Å²) in [7, 11) is 1.51. The number of hydrogen-bond acceptors (Lipinski definition) is 5. The predicted molar refractivity (Wildman–Crippen MR) is 134 cm³/mol. The van der Waals surface area contributed by atoms with E-state index in [4.69, 9.17) is 10.00 Å². The van der Waals surface area contributed by atoms with Crippen molar-refractivity contribution >= 4 is 23.1 Å². The molecule has 0 spiro atoms. The highest BCUT2D eigenvalue weighted by Crippen LogP contribution is 2.42. The molecule has 0 aliphatic carbocycles. The lowest BCUT2D eigenvalue weighted by Crippen LogP contribution is -2.29. The number of carbonyl (C=O) groups is 2. The first-order chi connectivity index (χ1) is 16.7. The highest BCUT2D eigenvalue weighted by molar-refractivity contribution is 6.51. The van der Waals surface area contributed by atoms with E-state index in [1.54, 1.807) is 48.5 Å². The van der Waals surface area contributed by atoms with Crippen molar-refractivity contribution in [3.05, 3.63) is 101 Å². The SMILES string of the molecule is COc1cccc(/C(O)=C2/C(=O)C(=O)N(c3ccc(C#N)cc3)C2c2ccc(C(C)(C)C)cc2)c1. The van der Waals surface area contributed by atoms with Crippen molar-refractivity contribution in [1.29, 1.82) is 5.26 Å². The number of aliphatic hydroxyl groups excluding tert-OH is 1. The lowest BCUT2D eigenvalue weighted by atomic mass is 9.85. The fraction of sp³-hybridized carbons (Fsp3) is 0.207. The van der Waals surface area contributed by atoms with Gasteiger partial charge in [0.05, 0.1) is 30.4 Å². The Bertz CT molecular complexity index is 1360. The number of anilines is 1. The van der Waals surface area contributed by atoms with Gasteiger partial charge in [0.2, 0.25) is 0 Å². The van der Waals surface area contributed by atoms with Crippen LogP contribution in [-0.2, 0) is 15.0 Å². The summed E-state index contributed by atoms with van der Waals surface area (Å²) in [6.07, 6.45) is 0. The van der Waals surface area contributed by atoms with Gasteiger partial charge >= 0.3 is 0 Å². The fourth-order valence-corrected chi connectivity index (χ4v) is 4.20. The minimum Gasteiger partial charge on any atom is -0.507 e. The molecule has 1 saturated heterocycles. The molecule has 6 heteroatoms. The van der Waals surface area contributed by atoms with E-state index in [1.165, 1.54) is 12.0 Å². The Morgan fingerprint density at radius 2 is 1.66 bits per heavy atom. The van der Waals surface area contributed by atoms with Gasteiger partial charge in [-0.1, -0.05) is 57.2 Å². The lowest BCUT2D eigenvalue weighted by Gasteiger charge is -2.26. The van der Waals surface area contributed by atoms with E-state index in [0.29, 0.717) is 28.1 Å². The van der Waals surface area contributed by atoms with Gasteiger partial charge in [-0.2, -0.15) is 5.26 Å². The van der Waals surface area contributed by atoms with Crippen LogP contribution in [0.2, 0.25) is 0 Å². The van der Waals surface area contributed by atoms with Gasteiger partial charge in [0.1, 0.15) is 11.5 Å². The molecule has 0 saturated carbocycles. The van der Waals surface area contributed by atoms with E-state index in [9.17, 15) is 14.7 Å². The van der Waals surface area contributed by atoms with E-state index in [-0.39, 0.29) is 16.7 Å². The standard InChI is InChI=1S/C29H26N2O4/c1-29(2,3)21-12-10-19(11-13-21)25-24(26(32)20-6-5-7-23(16-20)35-4)27(33)28(34)31(25)22-14-8-18(17-30)9-15-22/h5-16,25,32H,1-4H3/b26-24-. The summed E-state index contributed by atoms with van der Waals surface area (Å²) in [5, 5.41) is 20.4. The summed E-state index contributed by atoms with van der Waals surface area (Å²) in [6, 6.07) is 22.1. The highest BCUT2D eigenvalue weighted by atomic mass is 16.5. The summed E-state index contributed by atoms with van der Waals surface area (Å²) >= 11 is 0. The molecule has 1 unspecified atom stereocenters. The van der Waals surface area contributed by atoms with E-state index in [2.05, 4.69) is 26.8 Å². The molecule has 3 aromatic carbocycles. The molecule has 0 bridgehead atoms. The van der Waals surface area contributed by atoms with Gasteiger partial charge in [0.15, 0.2) is 0 Å². The van der Waals surface area contributed by atoms with Gasteiger partial charge in [-0.25, -0.2) is 0 Å². The molecule has 1 fully saturated rings. The van der Waals surface area contributed by atoms with Gasteiger partial charge < -0.3 is 9.84 Å². The van der Waals surface area contributed by atoms with Crippen LogP contribution in [0.5, 0.6) is 5.75 Å². The van der Waals surface area contributed by atoms with Gasteiger partial charge in [0.25, 0.3) is 11.7 Å². The Labute approximate surface area is 204 Å². The Hall–Kier alpha value is -4.37. The first-order valence-electron chi connectivity index (χ1n) is 11.2. The maximum Gasteiger partial charge on any atom is 0.300 e. The monoisotopic (exact) mass is 466 g/mol. The van der Waals surface area contributed by atoms with Crippen molar-refractivity contribution in [2.45, 2.75) is 32.2 Å². The van der Waals surface area contributed by atoms with Gasteiger partial charge in [-0.3, -0.25) is 14.5 Å². The van der Waals surface area contributed by atoms with Crippen molar-refractivity contribution in [1.82, 2.24) is 0 Å². The molecule has 1 aliphatic rings. The molecule has 176 valence electrons. The number of benzene rings is 3. The van der Waals surface area contributed by atoms with Crippen LogP contribution in [0.1, 0.15) is 49.1 Å². The summed E-state index contributed by atoms with van der Waals surface area (Å²) in [5.74, 6) is -1.28.